The van der Waals surface area contributed by atoms with Crippen LogP contribution in [0.3, 0.4) is 0 Å². The van der Waals surface area contributed by atoms with Crippen molar-refractivity contribution in [1.29, 1.82) is 0 Å². The number of alkyl halides is 3. The number of imidazole rings is 1. The van der Waals surface area contributed by atoms with Gasteiger partial charge in [0, 0.05) is 48.9 Å². The molecular weight excluding hydrogens is 654 g/mol. The summed E-state index contributed by atoms with van der Waals surface area (Å²) in [7, 11) is 0. The highest BCUT2D eigenvalue weighted by molar-refractivity contribution is 5.95. The third-order valence-corrected chi connectivity index (χ3v) is 9.17. The molecule has 5 aromatic rings. The van der Waals surface area contributed by atoms with Crippen LogP contribution in [-0.4, -0.2) is 50.5 Å². The zero-order valence-electron chi connectivity index (χ0n) is 27.4. The molecule has 7 rings (SSSR count). The Kier molecular flexibility index (Phi) is 8.23. The Balaban J connectivity index is 1.07. The van der Waals surface area contributed by atoms with Gasteiger partial charge < -0.3 is 24.1 Å². The van der Waals surface area contributed by atoms with E-state index in [0.717, 1.165) is 11.6 Å². The van der Waals surface area contributed by atoms with Crippen LogP contribution in [0.1, 0.15) is 46.6 Å². The Bertz CT molecular complexity index is 2070. The lowest BCUT2D eigenvalue weighted by molar-refractivity contribution is -0.136. The molecule has 258 valence electrons. The SMILES string of the molecule is Cc1cn2cc(C(=O)N3C[C@@H]4C(Oc5cc(C(C)(C)NC(=O)OCc6ccccc6)cc(-c6ccc(F)cc6)n5)[C@@H]4C3)cc(C(F)(F)F)c2n1. The molecule has 1 aliphatic carbocycles. The van der Waals surface area contributed by atoms with Crippen LogP contribution in [0.2, 0.25) is 0 Å². The van der Waals surface area contributed by atoms with Gasteiger partial charge in [-0.05, 0) is 68.3 Å². The first-order chi connectivity index (χ1) is 23.7. The van der Waals surface area contributed by atoms with E-state index in [4.69, 9.17) is 14.5 Å². The molecular formula is C37H33F4N5O4. The lowest BCUT2D eigenvalue weighted by Gasteiger charge is -2.27. The lowest BCUT2D eigenvalue weighted by Crippen LogP contribution is -2.41. The van der Waals surface area contributed by atoms with Gasteiger partial charge in [0.05, 0.1) is 28.1 Å². The summed E-state index contributed by atoms with van der Waals surface area (Å²) in [5, 5.41) is 2.90. The van der Waals surface area contributed by atoms with Gasteiger partial charge in [-0.25, -0.2) is 19.2 Å². The van der Waals surface area contributed by atoms with Crippen LogP contribution in [0.5, 0.6) is 5.88 Å². The van der Waals surface area contributed by atoms with E-state index < -0.39 is 35.1 Å². The van der Waals surface area contributed by atoms with Crippen LogP contribution >= 0.6 is 0 Å². The fourth-order valence-corrected chi connectivity index (χ4v) is 6.46. The molecule has 1 N–H and O–H groups in total. The lowest BCUT2D eigenvalue weighted by atomic mass is 9.93. The van der Waals surface area contributed by atoms with E-state index in [2.05, 4.69) is 10.3 Å². The monoisotopic (exact) mass is 687 g/mol. The smallest absolute Gasteiger partial charge is 0.420 e. The van der Waals surface area contributed by atoms with Crippen LogP contribution in [0.15, 0.2) is 85.2 Å². The maximum absolute atomic E-state index is 13.8. The van der Waals surface area contributed by atoms with Crippen LogP contribution in [0.4, 0.5) is 22.4 Å². The van der Waals surface area contributed by atoms with Crippen molar-refractivity contribution in [2.75, 3.05) is 13.1 Å². The van der Waals surface area contributed by atoms with E-state index >= 15 is 0 Å². The average Bonchev–Trinajstić information content (AvgIpc) is 3.36. The van der Waals surface area contributed by atoms with Gasteiger partial charge in [0.15, 0.2) is 0 Å². The fourth-order valence-electron chi connectivity index (χ4n) is 6.46. The van der Waals surface area contributed by atoms with Crippen molar-refractivity contribution in [3.05, 3.63) is 119 Å². The number of halogens is 4. The number of hydrogen-bond acceptors (Lipinski definition) is 6. The van der Waals surface area contributed by atoms with Crippen molar-refractivity contribution in [2.24, 2.45) is 11.8 Å². The molecule has 0 radical (unpaired) electrons. The number of nitrogens with one attached hydrogen (secondary N) is 1. The number of likely N-dealkylation sites (tertiary alicyclic amines) is 1. The summed E-state index contributed by atoms with van der Waals surface area (Å²) in [5.74, 6) is -0.704. The molecule has 4 heterocycles. The largest absolute Gasteiger partial charge is 0.474 e. The van der Waals surface area contributed by atoms with E-state index in [9.17, 15) is 27.2 Å². The first kappa shape index (κ1) is 33.1. The molecule has 2 aromatic carbocycles. The van der Waals surface area contributed by atoms with E-state index in [0.29, 0.717) is 35.6 Å². The molecule has 1 aliphatic heterocycles. The van der Waals surface area contributed by atoms with Crippen LogP contribution < -0.4 is 10.1 Å². The van der Waals surface area contributed by atoms with E-state index in [-0.39, 0.29) is 41.6 Å². The molecule has 2 aliphatic rings. The summed E-state index contributed by atoms with van der Waals surface area (Å²) in [6.07, 6.45) is -2.74. The third kappa shape index (κ3) is 6.72. The van der Waals surface area contributed by atoms with Gasteiger partial charge in [0.1, 0.15) is 24.2 Å². The summed E-state index contributed by atoms with van der Waals surface area (Å²) in [4.78, 5) is 36.4. The highest BCUT2D eigenvalue weighted by Crippen LogP contribution is 2.48. The van der Waals surface area contributed by atoms with Crippen molar-refractivity contribution < 1.29 is 36.6 Å². The Hall–Kier alpha value is -5.46. The number of carbonyl (C=O) groups is 2. The second-order valence-corrected chi connectivity index (χ2v) is 13.3. The fraction of sp³-hybridized carbons (Fsp3) is 0.297. The zero-order valence-corrected chi connectivity index (χ0v) is 27.4. The summed E-state index contributed by atoms with van der Waals surface area (Å²) >= 11 is 0. The van der Waals surface area contributed by atoms with E-state index in [1.807, 2.05) is 44.2 Å². The molecule has 50 heavy (non-hydrogen) atoms. The number of piperidine rings is 1. The van der Waals surface area contributed by atoms with Gasteiger partial charge >= 0.3 is 12.3 Å². The zero-order chi connectivity index (χ0) is 35.4. The van der Waals surface area contributed by atoms with Crippen molar-refractivity contribution in [3.63, 3.8) is 0 Å². The number of aryl methyl sites for hydroxylation is 1. The molecule has 0 spiro atoms. The Morgan fingerprint density at radius 2 is 1.64 bits per heavy atom. The Labute approximate surface area is 284 Å². The molecule has 3 aromatic heterocycles. The Morgan fingerprint density at radius 1 is 0.940 bits per heavy atom. The van der Waals surface area contributed by atoms with E-state index in [1.54, 1.807) is 36.1 Å². The van der Waals surface area contributed by atoms with Gasteiger partial charge in [-0.2, -0.15) is 13.2 Å². The standard InChI is InChI=1S/C37H33F4N5O4/c1-21-16-45-17-24(13-29(33(45)42-21)37(39,40)41)34(47)46-18-27-28(19-46)32(27)50-31-15-25(14-30(43-31)23-9-11-26(38)12-10-23)36(2,3)44-35(48)49-20-22-7-5-4-6-8-22/h4-17,27-28,32H,18-20H2,1-3H3,(H,44,48)/t27-,28+,32?. The maximum atomic E-state index is 13.8. The van der Waals surface area contributed by atoms with Crippen LogP contribution in [0.25, 0.3) is 16.9 Å². The molecule has 0 bridgehead atoms. The second kappa shape index (κ2) is 12.5. The number of hydrogen-bond donors (Lipinski definition) is 1. The normalized spacial score (nSPS) is 18.5. The minimum atomic E-state index is -4.68. The number of nitrogens with zero attached hydrogens (tertiary/aromatic N) is 4. The molecule has 13 heteroatoms. The molecule has 2 fully saturated rings. The van der Waals surface area contributed by atoms with Crippen LogP contribution in [0, 0.1) is 24.6 Å². The minimum Gasteiger partial charge on any atom is -0.474 e. The number of alkyl carbamates (subject to hydrolysis) is 1. The predicted octanol–water partition coefficient (Wildman–Crippen LogP) is 7.17. The summed E-state index contributed by atoms with van der Waals surface area (Å²) < 4.78 is 68.3. The van der Waals surface area contributed by atoms with Gasteiger partial charge in [0.2, 0.25) is 5.88 Å². The van der Waals surface area contributed by atoms with Crippen molar-refractivity contribution in [3.8, 4) is 17.1 Å². The number of carbonyl (C=O) groups excluding carboxylic acids is 2. The highest BCUT2D eigenvalue weighted by atomic mass is 19.4. The molecule has 2 amide bonds. The Morgan fingerprint density at radius 3 is 2.32 bits per heavy atom. The number of ether oxygens (including phenoxy) is 2. The van der Waals surface area contributed by atoms with E-state index in [1.165, 1.54) is 28.9 Å². The molecule has 1 saturated heterocycles. The quantitative estimate of drug-likeness (QED) is 0.174. The number of pyridine rings is 2. The second-order valence-electron chi connectivity index (χ2n) is 13.3. The number of aromatic nitrogens is 3. The minimum absolute atomic E-state index is 0.0425. The highest BCUT2D eigenvalue weighted by Gasteiger charge is 2.59. The first-order valence-electron chi connectivity index (χ1n) is 16.0. The van der Waals surface area contributed by atoms with Crippen molar-refractivity contribution in [2.45, 2.75) is 45.2 Å². The van der Waals surface area contributed by atoms with Gasteiger partial charge in [-0.15, -0.1) is 0 Å². The number of benzene rings is 2. The molecule has 3 atom stereocenters. The predicted molar refractivity (Wildman–Crippen MR) is 175 cm³/mol. The van der Waals surface area contributed by atoms with Gasteiger partial charge in [0.25, 0.3) is 5.91 Å². The first-order valence-corrected chi connectivity index (χ1v) is 16.0. The van der Waals surface area contributed by atoms with Crippen molar-refractivity contribution in [1.82, 2.24) is 24.6 Å². The van der Waals surface area contributed by atoms with Gasteiger partial charge in [-0.1, -0.05) is 30.3 Å². The van der Waals surface area contributed by atoms with Gasteiger partial charge in [-0.3, -0.25) is 4.79 Å². The summed E-state index contributed by atoms with van der Waals surface area (Å²) in [6, 6.07) is 19.5. The summed E-state index contributed by atoms with van der Waals surface area (Å²) in [5.41, 5.74) is 0.821. The topological polar surface area (TPSA) is 98.1 Å². The number of amides is 2. The number of rotatable bonds is 8. The van der Waals surface area contributed by atoms with Crippen LogP contribution in [-0.2, 0) is 23.1 Å². The molecule has 1 saturated carbocycles. The average molecular weight is 688 g/mol. The maximum Gasteiger partial charge on any atom is 0.420 e. The molecule has 1 unspecified atom stereocenters. The number of fused-ring (bicyclic) bond motifs is 2. The third-order valence-electron chi connectivity index (χ3n) is 9.17. The summed E-state index contributed by atoms with van der Waals surface area (Å²) in [6.45, 7) is 5.93. The van der Waals surface area contributed by atoms with Crippen molar-refractivity contribution >= 4 is 17.6 Å². The molecule has 9 nitrogen and oxygen atoms in total.